The molecule has 0 amide bonds. The number of anilines is 1. The molecule has 8 heteroatoms. The van der Waals surface area contributed by atoms with Gasteiger partial charge in [-0.25, -0.2) is 8.78 Å². The van der Waals surface area contributed by atoms with Gasteiger partial charge in [0.25, 0.3) is 0 Å². The van der Waals surface area contributed by atoms with Crippen molar-refractivity contribution in [3.63, 3.8) is 0 Å². The standard InChI is InChI=1S/C22H36F2N6/c1-4-25-22(26-17-18(3)28-10-8-27(5-2)9-11-28)30-14-12-29(13-15-30)21-16-19(23)6-7-20(21)24/h6-7,16,18H,4-5,8-15,17H2,1-3H3,(H,25,26). The van der Waals surface area contributed by atoms with E-state index < -0.39 is 5.82 Å². The summed E-state index contributed by atoms with van der Waals surface area (Å²) in [4.78, 5) is 14.0. The highest BCUT2D eigenvalue weighted by atomic mass is 19.1. The van der Waals surface area contributed by atoms with E-state index in [4.69, 9.17) is 4.99 Å². The zero-order valence-electron chi connectivity index (χ0n) is 18.6. The molecule has 0 radical (unpaired) electrons. The molecule has 30 heavy (non-hydrogen) atoms. The molecule has 168 valence electrons. The number of nitrogens with one attached hydrogen (secondary N) is 1. The number of hydrogen-bond donors (Lipinski definition) is 1. The van der Waals surface area contributed by atoms with Gasteiger partial charge in [-0.1, -0.05) is 6.92 Å². The van der Waals surface area contributed by atoms with Crippen LogP contribution in [0.3, 0.4) is 0 Å². The van der Waals surface area contributed by atoms with E-state index in [0.717, 1.165) is 70.9 Å². The van der Waals surface area contributed by atoms with Crippen molar-refractivity contribution in [2.75, 3.05) is 76.9 Å². The SMILES string of the molecule is CCNC(=NCC(C)N1CCN(CC)CC1)N1CCN(c2cc(F)ccc2F)CC1. The minimum absolute atomic E-state index is 0.344. The van der Waals surface area contributed by atoms with Crippen molar-refractivity contribution in [3.8, 4) is 0 Å². The Morgan fingerprint density at radius 3 is 2.37 bits per heavy atom. The van der Waals surface area contributed by atoms with E-state index in [-0.39, 0.29) is 5.82 Å². The molecule has 1 N–H and O–H groups in total. The molecule has 0 saturated carbocycles. The predicted octanol–water partition coefficient (Wildman–Crippen LogP) is 2.08. The first-order chi connectivity index (χ1) is 14.5. The summed E-state index contributed by atoms with van der Waals surface area (Å²) in [6.45, 7) is 16.4. The Morgan fingerprint density at radius 2 is 1.73 bits per heavy atom. The quantitative estimate of drug-likeness (QED) is 0.561. The molecule has 0 aromatic heterocycles. The molecule has 2 heterocycles. The summed E-state index contributed by atoms with van der Waals surface area (Å²) in [5, 5.41) is 3.40. The van der Waals surface area contributed by atoms with Crippen LogP contribution in [0.25, 0.3) is 0 Å². The number of rotatable bonds is 6. The molecule has 0 bridgehead atoms. The average molecular weight is 423 g/mol. The molecule has 2 fully saturated rings. The Balaban J connectivity index is 1.55. The number of halogens is 2. The lowest BCUT2D eigenvalue weighted by Crippen LogP contribution is -2.53. The largest absolute Gasteiger partial charge is 0.366 e. The van der Waals surface area contributed by atoms with E-state index in [1.807, 2.05) is 4.90 Å². The number of hydrogen-bond acceptors (Lipinski definition) is 4. The molecule has 1 aromatic rings. The molecular formula is C22H36F2N6. The summed E-state index contributed by atoms with van der Waals surface area (Å²) in [7, 11) is 0. The molecule has 6 nitrogen and oxygen atoms in total. The van der Waals surface area contributed by atoms with Crippen molar-refractivity contribution < 1.29 is 8.78 Å². The van der Waals surface area contributed by atoms with Crippen LogP contribution >= 0.6 is 0 Å². The number of piperazine rings is 2. The van der Waals surface area contributed by atoms with Crippen LogP contribution in [0.15, 0.2) is 23.2 Å². The second-order valence-electron chi connectivity index (χ2n) is 8.08. The first kappa shape index (κ1) is 22.7. The van der Waals surface area contributed by atoms with Crippen molar-refractivity contribution in [2.24, 2.45) is 4.99 Å². The fraction of sp³-hybridized carbons (Fsp3) is 0.682. The monoisotopic (exact) mass is 422 g/mol. The number of guanidine groups is 1. The van der Waals surface area contributed by atoms with Crippen molar-refractivity contribution in [3.05, 3.63) is 29.8 Å². The second-order valence-corrected chi connectivity index (χ2v) is 8.08. The third-order valence-corrected chi connectivity index (χ3v) is 6.15. The lowest BCUT2D eigenvalue weighted by atomic mass is 10.2. The van der Waals surface area contributed by atoms with Gasteiger partial charge < -0.3 is 20.0 Å². The molecule has 1 aromatic carbocycles. The molecule has 0 aliphatic carbocycles. The number of aliphatic imine (C=N–C) groups is 1. The van der Waals surface area contributed by atoms with Gasteiger partial charge in [0.1, 0.15) is 11.6 Å². The number of nitrogens with zero attached hydrogens (tertiary/aromatic N) is 5. The Kier molecular flexibility index (Phi) is 8.27. The first-order valence-electron chi connectivity index (χ1n) is 11.2. The predicted molar refractivity (Wildman–Crippen MR) is 119 cm³/mol. The van der Waals surface area contributed by atoms with Gasteiger partial charge in [-0.15, -0.1) is 0 Å². The van der Waals surface area contributed by atoms with Gasteiger partial charge in [0, 0.05) is 71.0 Å². The Morgan fingerprint density at radius 1 is 1.03 bits per heavy atom. The zero-order chi connectivity index (χ0) is 21.5. The van der Waals surface area contributed by atoms with E-state index in [0.29, 0.717) is 24.8 Å². The van der Waals surface area contributed by atoms with E-state index in [9.17, 15) is 8.78 Å². The topological polar surface area (TPSA) is 37.4 Å². The van der Waals surface area contributed by atoms with Crippen LogP contribution in [-0.4, -0.2) is 98.7 Å². The number of likely N-dealkylation sites (N-methyl/N-ethyl adjacent to an activating group) is 1. The van der Waals surface area contributed by atoms with Crippen LogP contribution in [0.4, 0.5) is 14.5 Å². The van der Waals surface area contributed by atoms with Crippen molar-refractivity contribution in [1.29, 1.82) is 0 Å². The lowest BCUT2D eigenvalue weighted by molar-refractivity contribution is 0.109. The highest BCUT2D eigenvalue weighted by Gasteiger charge is 2.23. The Hall–Kier alpha value is -1.93. The molecule has 1 atom stereocenters. The molecular weight excluding hydrogens is 386 g/mol. The van der Waals surface area contributed by atoms with Crippen LogP contribution in [0.1, 0.15) is 20.8 Å². The van der Waals surface area contributed by atoms with E-state index in [2.05, 4.69) is 40.8 Å². The molecule has 0 spiro atoms. The van der Waals surface area contributed by atoms with Crippen LogP contribution in [0.2, 0.25) is 0 Å². The third kappa shape index (κ3) is 5.82. The third-order valence-electron chi connectivity index (χ3n) is 6.15. The maximum Gasteiger partial charge on any atom is 0.194 e. The fourth-order valence-corrected chi connectivity index (χ4v) is 4.17. The fourth-order valence-electron chi connectivity index (χ4n) is 4.17. The Labute approximate surface area is 179 Å². The number of benzene rings is 1. The Bertz CT molecular complexity index is 697. The minimum atomic E-state index is -0.405. The molecule has 2 saturated heterocycles. The van der Waals surface area contributed by atoms with Gasteiger partial charge in [0.2, 0.25) is 0 Å². The van der Waals surface area contributed by atoms with Crippen molar-refractivity contribution >= 4 is 11.6 Å². The maximum atomic E-state index is 14.1. The summed E-state index contributed by atoms with van der Waals surface area (Å²) in [6, 6.07) is 4.04. The van der Waals surface area contributed by atoms with Gasteiger partial charge in [0.05, 0.1) is 12.2 Å². The van der Waals surface area contributed by atoms with E-state index >= 15 is 0 Å². The molecule has 1 unspecified atom stereocenters. The van der Waals surface area contributed by atoms with Crippen LogP contribution < -0.4 is 10.2 Å². The summed E-state index contributed by atoms with van der Waals surface area (Å²) in [5.74, 6) is 0.135. The van der Waals surface area contributed by atoms with Crippen LogP contribution in [0, 0.1) is 11.6 Å². The van der Waals surface area contributed by atoms with Gasteiger partial charge >= 0.3 is 0 Å². The van der Waals surface area contributed by atoms with Crippen molar-refractivity contribution in [1.82, 2.24) is 20.0 Å². The summed E-state index contributed by atoms with van der Waals surface area (Å²) >= 11 is 0. The first-order valence-corrected chi connectivity index (χ1v) is 11.2. The highest BCUT2D eigenvalue weighted by molar-refractivity contribution is 5.80. The summed E-state index contributed by atoms with van der Waals surface area (Å²) < 4.78 is 27.6. The molecule has 2 aliphatic rings. The normalized spacial score (nSPS) is 20.5. The smallest absolute Gasteiger partial charge is 0.194 e. The van der Waals surface area contributed by atoms with Crippen LogP contribution in [-0.2, 0) is 0 Å². The van der Waals surface area contributed by atoms with Gasteiger partial charge in [-0.3, -0.25) is 9.89 Å². The van der Waals surface area contributed by atoms with Gasteiger partial charge in [-0.05, 0) is 32.5 Å². The zero-order valence-corrected chi connectivity index (χ0v) is 18.6. The maximum absolute atomic E-state index is 14.1. The summed E-state index contributed by atoms with van der Waals surface area (Å²) in [5.41, 5.74) is 0.344. The van der Waals surface area contributed by atoms with E-state index in [1.54, 1.807) is 0 Å². The second kappa shape index (κ2) is 10.9. The molecule has 3 rings (SSSR count). The molecule has 2 aliphatic heterocycles. The van der Waals surface area contributed by atoms with E-state index in [1.165, 1.54) is 12.1 Å². The van der Waals surface area contributed by atoms with Crippen molar-refractivity contribution in [2.45, 2.75) is 26.8 Å². The van der Waals surface area contributed by atoms with Crippen LogP contribution in [0.5, 0.6) is 0 Å². The average Bonchev–Trinajstić information content (AvgIpc) is 2.78. The minimum Gasteiger partial charge on any atom is -0.366 e. The van der Waals surface area contributed by atoms with Gasteiger partial charge in [-0.2, -0.15) is 0 Å². The summed E-state index contributed by atoms with van der Waals surface area (Å²) in [6.07, 6.45) is 0. The lowest BCUT2D eigenvalue weighted by Gasteiger charge is -2.39. The van der Waals surface area contributed by atoms with Gasteiger partial charge in [0.15, 0.2) is 5.96 Å². The highest BCUT2D eigenvalue weighted by Crippen LogP contribution is 2.22.